The summed E-state index contributed by atoms with van der Waals surface area (Å²) in [6.45, 7) is 7.29. The molecule has 2 aliphatic rings. The molecule has 2 aliphatic heterocycles. The molecular formula is C26H27FN4O4S. The van der Waals surface area contributed by atoms with E-state index >= 15 is 0 Å². The zero-order chi connectivity index (χ0) is 25.4. The average molecular weight is 511 g/mol. The van der Waals surface area contributed by atoms with Gasteiger partial charge in [0.05, 0.1) is 28.5 Å². The largest absolute Gasteiger partial charge is 0.463 e. The molecule has 0 N–H and O–H groups in total. The molecule has 5 rings (SSSR count). The van der Waals surface area contributed by atoms with E-state index in [9.17, 15) is 14.0 Å². The van der Waals surface area contributed by atoms with Crippen LogP contribution in [0.1, 0.15) is 31.2 Å². The summed E-state index contributed by atoms with van der Waals surface area (Å²) in [6.07, 6.45) is 1.70. The van der Waals surface area contributed by atoms with Crippen LogP contribution in [0.3, 0.4) is 0 Å². The number of hydrogen-bond donors (Lipinski definition) is 0. The van der Waals surface area contributed by atoms with Crippen LogP contribution in [-0.2, 0) is 9.53 Å². The number of esters is 1. The number of aromatic nitrogens is 1. The lowest BCUT2D eigenvalue weighted by Crippen LogP contribution is -2.44. The number of hydrogen-bond acceptors (Lipinski definition) is 8. The fourth-order valence-corrected chi connectivity index (χ4v) is 5.52. The smallest absolute Gasteiger partial charge is 0.338 e. The maximum Gasteiger partial charge on any atom is 0.338 e. The molecule has 4 heterocycles. The molecule has 1 fully saturated rings. The molecule has 36 heavy (non-hydrogen) atoms. The van der Waals surface area contributed by atoms with Crippen LogP contribution in [0.25, 0.3) is 6.08 Å². The number of anilines is 1. The van der Waals surface area contributed by atoms with E-state index in [1.807, 2.05) is 12.1 Å². The number of ether oxygens (including phenoxy) is 1. The number of rotatable bonds is 5. The number of fused-ring (bicyclic) bond motifs is 1. The van der Waals surface area contributed by atoms with Gasteiger partial charge in [0.2, 0.25) is 0 Å². The fourth-order valence-electron chi connectivity index (χ4n) is 4.50. The third kappa shape index (κ3) is 4.54. The van der Waals surface area contributed by atoms with Crippen molar-refractivity contribution in [3.63, 3.8) is 0 Å². The number of piperazine rings is 1. The summed E-state index contributed by atoms with van der Waals surface area (Å²) < 4.78 is 26.9. The Morgan fingerprint density at radius 2 is 1.92 bits per heavy atom. The first kappa shape index (κ1) is 24.2. The average Bonchev–Trinajstić information content (AvgIpc) is 3.44. The minimum Gasteiger partial charge on any atom is -0.463 e. The van der Waals surface area contributed by atoms with E-state index in [4.69, 9.17) is 9.15 Å². The van der Waals surface area contributed by atoms with Crippen LogP contribution >= 0.6 is 11.3 Å². The topological polar surface area (TPSA) is 80.3 Å². The molecule has 0 spiro atoms. The van der Waals surface area contributed by atoms with Gasteiger partial charge in [-0.1, -0.05) is 23.5 Å². The highest BCUT2D eigenvalue weighted by molar-refractivity contribution is 7.07. The zero-order valence-corrected chi connectivity index (χ0v) is 21.2. The Balaban J connectivity index is 1.58. The molecule has 3 aromatic rings. The third-order valence-electron chi connectivity index (χ3n) is 6.40. The highest BCUT2D eigenvalue weighted by Crippen LogP contribution is 2.30. The van der Waals surface area contributed by atoms with Crippen LogP contribution in [0.4, 0.5) is 10.3 Å². The van der Waals surface area contributed by atoms with Crippen LogP contribution in [-0.4, -0.2) is 55.3 Å². The van der Waals surface area contributed by atoms with Crippen molar-refractivity contribution in [2.24, 2.45) is 4.99 Å². The minimum atomic E-state index is -0.777. The van der Waals surface area contributed by atoms with Gasteiger partial charge in [-0.25, -0.2) is 14.2 Å². The van der Waals surface area contributed by atoms with Gasteiger partial charge in [0.15, 0.2) is 10.7 Å². The molecule has 0 amide bonds. The van der Waals surface area contributed by atoms with Crippen LogP contribution in [0, 0.1) is 5.82 Å². The quantitative estimate of drug-likeness (QED) is 0.490. The van der Waals surface area contributed by atoms with Gasteiger partial charge in [0, 0.05) is 38.3 Å². The summed E-state index contributed by atoms with van der Waals surface area (Å²) in [6, 6.07) is 8.75. The molecule has 1 aromatic carbocycles. The first-order valence-electron chi connectivity index (χ1n) is 11.8. The number of benzene rings is 1. The highest BCUT2D eigenvalue weighted by Gasteiger charge is 2.33. The Hall–Kier alpha value is -3.50. The van der Waals surface area contributed by atoms with Crippen molar-refractivity contribution in [3.8, 4) is 0 Å². The maximum atomic E-state index is 13.7. The predicted octanol–water partition coefficient (Wildman–Crippen LogP) is 2.28. The highest BCUT2D eigenvalue weighted by atomic mass is 32.1. The van der Waals surface area contributed by atoms with E-state index in [1.54, 1.807) is 32.1 Å². The van der Waals surface area contributed by atoms with Gasteiger partial charge < -0.3 is 19.0 Å². The molecule has 8 nitrogen and oxygen atoms in total. The summed E-state index contributed by atoms with van der Waals surface area (Å²) in [5.41, 5.74) is 1.01. The number of carbonyl (C=O) groups excluding carboxylic acids is 1. The van der Waals surface area contributed by atoms with Crippen LogP contribution in [0.2, 0.25) is 0 Å². The van der Waals surface area contributed by atoms with Crippen molar-refractivity contribution >= 4 is 29.3 Å². The summed E-state index contributed by atoms with van der Waals surface area (Å²) in [5, 5.41) is 0. The van der Waals surface area contributed by atoms with Gasteiger partial charge in [-0.2, -0.15) is 0 Å². The molecule has 10 heteroatoms. The lowest BCUT2D eigenvalue weighted by Gasteiger charge is -2.32. The summed E-state index contributed by atoms with van der Waals surface area (Å²) in [7, 11) is 2.10. The fraction of sp³-hybridized carbons (Fsp3) is 0.346. The first-order valence-corrected chi connectivity index (χ1v) is 12.7. The van der Waals surface area contributed by atoms with Crippen molar-refractivity contribution in [1.82, 2.24) is 9.47 Å². The summed E-state index contributed by atoms with van der Waals surface area (Å²) in [4.78, 5) is 36.0. The molecule has 2 aromatic heterocycles. The van der Waals surface area contributed by atoms with Gasteiger partial charge in [-0.3, -0.25) is 9.36 Å². The second-order valence-electron chi connectivity index (χ2n) is 8.82. The molecule has 0 unspecified atom stereocenters. The Bertz CT molecular complexity index is 1490. The monoisotopic (exact) mass is 510 g/mol. The SMILES string of the molecule is CCOC(=O)C1=C(C)N=c2s/c(=C/c3ccc(N4CCN(C)CC4)o3)c(=O)n2[C@@H]1c1ccc(F)cc1. The Morgan fingerprint density at radius 1 is 1.19 bits per heavy atom. The van der Waals surface area contributed by atoms with Crippen LogP contribution in [0.15, 0.2) is 61.9 Å². The third-order valence-corrected chi connectivity index (χ3v) is 7.39. The van der Waals surface area contributed by atoms with E-state index in [0.717, 1.165) is 32.1 Å². The van der Waals surface area contributed by atoms with Crippen molar-refractivity contribution in [1.29, 1.82) is 0 Å². The van der Waals surface area contributed by atoms with Crippen molar-refractivity contribution < 1.29 is 18.3 Å². The zero-order valence-electron chi connectivity index (χ0n) is 20.4. The standard InChI is InChI=1S/C26H27FN4O4S/c1-4-34-25(33)22-16(2)28-26-31(23(22)17-5-7-18(27)8-6-17)24(32)20(36-26)15-19-9-10-21(35-19)30-13-11-29(3)12-14-30/h5-10,15,23H,4,11-14H2,1-3H3/b20-15+/t23-/m1/s1. The molecule has 0 radical (unpaired) electrons. The number of furan rings is 1. The molecule has 1 saturated heterocycles. The number of carbonyl (C=O) groups is 1. The van der Waals surface area contributed by atoms with Crippen LogP contribution in [0.5, 0.6) is 0 Å². The Kier molecular flexibility index (Phi) is 6.63. The second-order valence-corrected chi connectivity index (χ2v) is 9.83. The predicted molar refractivity (Wildman–Crippen MR) is 135 cm³/mol. The lowest BCUT2D eigenvalue weighted by atomic mass is 9.96. The Morgan fingerprint density at radius 3 is 2.61 bits per heavy atom. The minimum absolute atomic E-state index is 0.185. The molecule has 1 atom stereocenters. The van der Waals surface area contributed by atoms with E-state index in [-0.39, 0.29) is 17.7 Å². The number of likely N-dealkylation sites (N-methyl/N-ethyl adjacent to an activating group) is 1. The second kappa shape index (κ2) is 9.87. The summed E-state index contributed by atoms with van der Waals surface area (Å²) in [5.74, 6) is 0.379. The summed E-state index contributed by atoms with van der Waals surface area (Å²) >= 11 is 1.22. The van der Waals surface area contributed by atoms with Crippen molar-refractivity contribution in [2.75, 3.05) is 44.7 Å². The van der Waals surface area contributed by atoms with Gasteiger partial charge in [0.25, 0.3) is 5.56 Å². The maximum absolute atomic E-state index is 13.7. The number of nitrogens with zero attached hydrogens (tertiary/aromatic N) is 4. The van der Waals surface area contributed by atoms with Gasteiger partial charge in [-0.15, -0.1) is 0 Å². The van der Waals surface area contributed by atoms with Gasteiger partial charge in [0.1, 0.15) is 11.6 Å². The Labute approximate surface area is 211 Å². The van der Waals surface area contributed by atoms with Crippen molar-refractivity contribution in [3.05, 3.63) is 84.5 Å². The number of allylic oxidation sites excluding steroid dienone is 1. The van der Waals surface area contributed by atoms with E-state index in [2.05, 4.69) is 21.8 Å². The molecule has 0 aliphatic carbocycles. The first-order chi connectivity index (χ1) is 17.4. The van der Waals surface area contributed by atoms with Gasteiger partial charge >= 0.3 is 5.97 Å². The lowest BCUT2D eigenvalue weighted by molar-refractivity contribution is -0.139. The van der Waals surface area contributed by atoms with E-state index in [1.165, 1.54) is 28.0 Å². The number of thiazole rings is 1. The van der Waals surface area contributed by atoms with E-state index < -0.39 is 17.8 Å². The van der Waals surface area contributed by atoms with Gasteiger partial charge in [-0.05, 0) is 44.7 Å². The molecular weight excluding hydrogens is 483 g/mol. The molecule has 0 bridgehead atoms. The molecule has 188 valence electrons. The van der Waals surface area contributed by atoms with Crippen molar-refractivity contribution in [2.45, 2.75) is 19.9 Å². The molecule has 0 saturated carbocycles. The normalized spacial score (nSPS) is 18.8. The number of halogens is 1. The van der Waals surface area contributed by atoms with Crippen LogP contribution < -0.4 is 19.8 Å². The van der Waals surface area contributed by atoms with E-state index in [0.29, 0.717) is 26.4 Å².